The van der Waals surface area contributed by atoms with Crippen molar-refractivity contribution in [1.82, 2.24) is 4.98 Å². The first kappa shape index (κ1) is 13.4. The van der Waals surface area contributed by atoms with E-state index in [4.69, 9.17) is 4.74 Å². The Morgan fingerprint density at radius 1 is 1.14 bits per heavy atom. The zero-order chi connectivity index (χ0) is 15.0. The molecule has 2 aromatic carbocycles. The van der Waals surface area contributed by atoms with Crippen LogP contribution >= 0.6 is 0 Å². The van der Waals surface area contributed by atoms with Gasteiger partial charge in [0, 0.05) is 22.0 Å². The molecule has 0 saturated heterocycles. The molecule has 3 nitrogen and oxygen atoms in total. The van der Waals surface area contributed by atoms with Crippen molar-refractivity contribution in [2.24, 2.45) is 0 Å². The monoisotopic (exact) mass is 279 g/mol. The van der Waals surface area contributed by atoms with Gasteiger partial charge in [0.25, 0.3) is 0 Å². The molecule has 3 aromatic rings. The van der Waals surface area contributed by atoms with E-state index in [1.165, 1.54) is 0 Å². The molecular formula is C18H17NO2. The third kappa shape index (κ3) is 2.11. The van der Waals surface area contributed by atoms with Crippen molar-refractivity contribution in [1.29, 1.82) is 0 Å². The van der Waals surface area contributed by atoms with Crippen LogP contribution in [0.1, 0.15) is 21.5 Å². The Balaban J connectivity index is 2.37. The summed E-state index contributed by atoms with van der Waals surface area (Å²) in [6, 6.07) is 11.9. The summed E-state index contributed by atoms with van der Waals surface area (Å²) in [6.07, 6.45) is 0.912. The Labute approximate surface area is 123 Å². The lowest BCUT2D eigenvalue weighted by Gasteiger charge is -2.09. The molecule has 21 heavy (non-hydrogen) atoms. The molecule has 0 radical (unpaired) electrons. The number of aromatic nitrogens is 1. The summed E-state index contributed by atoms with van der Waals surface area (Å²) in [5, 5.41) is 0.948. The average molecular weight is 279 g/mol. The first-order valence-electron chi connectivity index (χ1n) is 6.87. The minimum atomic E-state index is 0.678. The minimum absolute atomic E-state index is 0.678. The summed E-state index contributed by atoms with van der Waals surface area (Å²) < 4.78 is 5.44. The van der Waals surface area contributed by atoms with Crippen LogP contribution in [0.15, 0.2) is 36.4 Å². The van der Waals surface area contributed by atoms with E-state index >= 15 is 0 Å². The van der Waals surface area contributed by atoms with E-state index < -0.39 is 0 Å². The minimum Gasteiger partial charge on any atom is -0.496 e. The molecule has 0 amide bonds. The second-order valence-electron chi connectivity index (χ2n) is 5.23. The molecule has 0 bridgehead atoms. The number of nitrogens with one attached hydrogen (secondary N) is 1. The van der Waals surface area contributed by atoms with Gasteiger partial charge in [-0.05, 0) is 31.5 Å². The Morgan fingerprint density at radius 3 is 2.67 bits per heavy atom. The number of benzene rings is 2. The number of aldehydes is 1. The summed E-state index contributed by atoms with van der Waals surface area (Å²) >= 11 is 0. The maximum Gasteiger partial charge on any atom is 0.152 e. The van der Waals surface area contributed by atoms with Gasteiger partial charge in [0.05, 0.1) is 12.8 Å². The molecule has 1 aromatic heterocycles. The smallest absolute Gasteiger partial charge is 0.152 e. The van der Waals surface area contributed by atoms with Gasteiger partial charge < -0.3 is 9.72 Å². The van der Waals surface area contributed by atoms with Crippen LogP contribution in [0.5, 0.6) is 5.75 Å². The van der Waals surface area contributed by atoms with Gasteiger partial charge in [0.1, 0.15) is 5.75 Å². The van der Waals surface area contributed by atoms with Crippen LogP contribution in [-0.2, 0) is 0 Å². The van der Waals surface area contributed by atoms with Gasteiger partial charge in [-0.25, -0.2) is 0 Å². The standard InChI is InChI=1S/C18H17NO2/c1-11-7-8-16(21-3)14(9-11)18-15(10-20)13-6-4-5-12(2)17(13)19-18/h4-10,19H,1-3H3. The summed E-state index contributed by atoms with van der Waals surface area (Å²) in [5.41, 5.74) is 5.65. The fourth-order valence-corrected chi connectivity index (χ4v) is 2.74. The van der Waals surface area contributed by atoms with Crippen molar-refractivity contribution in [2.45, 2.75) is 13.8 Å². The maximum atomic E-state index is 11.6. The summed E-state index contributed by atoms with van der Waals surface area (Å²) in [4.78, 5) is 15.0. The van der Waals surface area contributed by atoms with Crippen LogP contribution in [0.25, 0.3) is 22.2 Å². The number of H-pyrrole nitrogens is 1. The molecule has 0 fully saturated rings. The van der Waals surface area contributed by atoms with Gasteiger partial charge in [0.2, 0.25) is 0 Å². The van der Waals surface area contributed by atoms with E-state index in [1.807, 2.05) is 50.2 Å². The molecule has 3 heteroatoms. The van der Waals surface area contributed by atoms with E-state index in [0.717, 1.165) is 45.3 Å². The SMILES string of the molecule is COc1ccc(C)cc1-c1[nH]c2c(C)cccc2c1C=O. The molecule has 0 atom stereocenters. The van der Waals surface area contributed by atoms with Gasteiger partial charge in [-0.2, -0.15) is 0 Å². The second-order valence-corrected chi connectivity index (χ2v) is 5.23. The summed E-state index contributed by atoms with van der Waals surface area (Å²) in [6.45, 7) is 4.06. The lowest BCUT2D eigenvalue weighted by atomic mass is 10.0. The van der Waals surface area contributed by atoms with Crippen molar-refractivity contribution in [3.05, 3.63) is 53.1 Å². The van der Waals surface area contributed by atoms with E-state index in [0.29, 0.717) is 5.56 Å². The van der Waals surface area contributed by atoms with E-state index in [2.05, 4.69) is 4.98 Å². The fraction of sp³-hybridized carbons (Fsp3) is 0.167. The number of methoxy groups -OCH3 is 1. The van der Waals surface area contributed by atoms with E-state index in [1.54, 1.807) is 7.11 Å². The Hall–Kier alpha value is -2.55. The number of carbonyl (C=O) groups is 1. The number of carbonyl (C=O) groups excluding carboxylic acids is 1. The zero-order valence-corrected chi connectivity index (χ0v) is 12.4. The predicted octanol–water partition coefficient (Wildman–Crippen LogP) is 4.27. The fourth-order valence-electron chi connectivity index (χ4n) is 2.74. The van der Waals surface area contributed by atoms with Gasteiger partial charge in [-0.3, -0.25) is 4.79 Å². The highest BCUT2D eigenvalue weighted by Crippen LogP contribution is 2.36. The molecule has 0 unspecified atom stereocenters. The van der Waals surface area contributed by atoms with Crippen molar-refractivity contribution in [3.63, 3.8) is 0 Å². The number of rotatable bonds is 3. The number of hydrogen-bond acceptors (Lipinski definition) is 2. The highest BCUT2D eigenvalue weighted by Gasteiger charge is 2.16. The highest BCUT2D eigenvalue weighted by atomic mass is 16.5. The lowest BCUT2D eigenvalue weighted by molar-refractivity contribution is 0.112. The molecule has 0 spiro atoms. The Kier molecular flexibility index (Phi) is 3.26. The molecule has 1 N–H and O–H groups in total. The molecule has 3 rings (SSSR count). The van der Waals surface area contributed by atoms with Crippen LogP contribution in [0, 0.1) is 13.8 Å². The number of para-hydroxylation sites is 1. The van der Waals surface area contributed by atoms with Crippen LogP contribution in [0.4, 0.5) is 0 Å². The molecule has 1 heterocycles. The van der Waals surface area contributed by atoms with Gasteiger partial charge in [-0.15, -0.1) is 0 Å². The molecule has 0 saturated carbocycles. The second kappa shape index (κ2) is 5.09. The molecule has 0 aliphatic heterocycles. The Morgan fingerprint density at radius 2 is 1.95 bits per heavy atom. The number of aryl methyl sites for hydroxylation is 2. The molecule has 0 aliphatic carbocycles. The van der Waals surface area contributed by atoms with Crippen molar-refractivity contribution < 1.29 is 9.53 Å². The Bertz CT molecular complexity index is 831. The lowest BCUT2D eigenvalue weighted by Crippen LogP contribution is -1.91. The van der Waals surface area contributed by atoms with Crippen molar-refractivity contribution in [2.75, 3.05) is 7.11 Å². The molecule has 106 valence electrons. The zero-order valence-electron chi connectivity index (χ0n) is 12.4. The topological polar surface area (TPSA) is 42.1 Å². The first-order chi connectivity index (χ1) is 10.2. The van der Waals surface area contributed by atoms with Crippen molar-refractivity contribution in [3.8, 4) is 17.0 Å². The quantitative estimate of drug-likeness (QED) is 0.727. The van der Waals surface area contributed by atoms with Gasteiger partial charge in [-0.1, -0.05) is 29.8 Å². The highest BCUT2D eigenvalue weighted by molar-refractivity contribution is 6.05. The van der Waals surface area contributed by atoms with Crippen molar-refractivity contribution >= 4 is 17.2 Å². The summed E-state index contributed by atoms with van der Waals surface area (Å²) in [7, 11) is 1.64. The van der Waals surface area contributed by atoms with Gasteiger partial charge in [0.15, 0.2) is 6.29 Å². The number of ether oxygens (including phenoxy) is 1. The average Bonchev–Trinajstić information content (AvgIpc) is 2.87. The normalized spacial score (nSPS) is 10.8. The molecule has 0 aliphatic rings. The first-order valence-corrected chi connectivity index (χ1v) is 6.87. The van der Waals surface area contributed by atoms with Crippen LogP contribution < -0.4 is 4.74 Å². The predicted molar refractivity (Wildman–Crippen MR) is 85.1 cm³/mol. The largest absolute Gasteiger partial charge is 0.496 e. The third-order valence-electron chi connectivity index (χ3n) is 3.82. The third-order valence-corrected chi connectivity index (χ3v) is 3.82. The van der Waals surface area contributed by atoms with Crippen LogP contribution in [0.2, 0.25) is 0 Å². The van der Waals surface area contributed by atoms with E-state index in [9.17, 15) is 4.79 Å². The van der Waals surface area contributed by atoms with Crippen LogP contribution in [-0.4, -0.2) is 18.4 Å². The summed E-state index contributed by atoms with van der Waals surface area (Å²) in [5.74, 6) is 0.757. The number of aromatic amines is 1. The van der Waals surface area contributed by atoms with E-state index in [-0.39, 0.29) is 0 Å². The van der Waals surface area contributed by atoms with Gasteiger partial charge >= 0.3 is 0 Å². The van der Waals surface area contributed by atoms with Crippen LogP contribution in [0.3, 0.4) is 0 Å². The molecular weight excluding hydrogens is 262 g/mol. The number of fused-ring (bicyclic) bond motifs is 1. The maximum absolute atomic E-state index is 11.6. The number of hydrogen-bond donors (Lipinski definition) is 1.